The summed E-state index contributed by atoms with van der Waals surface area (Å²) in [6, 6.07) is 0. The highest BCUT2D eigenvalue weighted by Crippen LogP contribution is 2.60. The van der Waals surface area contributed by atoms with Gasteiger partial charge in [0, 0.05) is 23.2 Å². The van der Waals surface area contributed by atoms with E-state index in [1.54, 1.807) is 0 Å². The Labute approximate surface area is 150 Å². The molecule has 1 fully saturated rings. The van der Waals surface area contributed by atoms with Gasteiger partial charge < -0.3 is 0 Å². The van der Waals surface area contributed by atoms with Crippen molar-refractivity contribution in [3.8, 4) is 0 Å². The molecule has 0 spiro atoms. The minimum Gasteiger partial charge on any atom is -0.299 e. The molecule has 4 aliphatic carbocycles. The van der Waals surface area contributed by atoms with Gasteiger partial charge in [-0.3, -0.25) is 8.98 Å². The standard InChI is InChI=1S/C20H26O4S/c1-19-10-8-14(24-25(3,22)23)12-13(19)4-5-15-16-6-7-18(21)20(16,2)11-9-17(15)19/h4-5,9,12,14-16H,6-8,10-11H2,1-3H3. The number of allylic oxidation sites excluding steroid dienone is 5. The highest BCUT2D eigenvalue weighted by Gasteiger charge is 2.54. The lowest BCUT2D eigenvalue weighted by atomic mass is 9.54. The van der Waals surface area contributed by atoms with Gasteiger partial charge in [-0.1, -0.05) is 43.7 Å². The van der Waals surface area contributed by atoms with Crippen LogP contribution in [-0.2, 0) is 19.1 Å². The fourth-order valence-electron chi connectivity index (χ4n) is 5.55. The Balaban J connectivity index is 1.71. The zero-order valence-corrected chi connectivity index (χ0v) is 15.9. The van der Waals surface area contributed by atoms with Gasteiger partial charge in [0.15, 0.2) is 0 Å². The zero-order valence-electron chi connectivity index (χ0n) is 15.1. The summed E-state index contributed by atoms with van der Waals surface area (Å²) in [4.78, 5) is 12.4. The van der Waals surface area contributed by atoms with Crippen molar-refractivity contribution >= 4 is 15.9 Å². The second-order valence-corrected chi connectivity index (χ2v) is 10.2. The van der Waals surface area contributed by atoms with Crippen LogP contribution in [0.25, 0.3) is 0 Å². The first-order valence-electron chi connectivity index (χ1n) is 9.16. The van der Waals surface area contributed by atoms with Crippen molar-refractivity contribution in [2.24, 2.45) is 22.7 Å². The largest absolute Gasteiger partial charge is 0.299 e. The molecule has 5 heteroatoms. The number of Topliss-reactive ketones (excluding diaryl/α,β-unsaturated/α-hetero) is 1. The van der Waals surface area contributed by atoms with Crippen LogP contribution in [0.1, 0.15) is 46.0 Å². The Morgan fingerprint density at radius 1 is 1.24 bits per heavy atom. The van der Waals surface area contributed by atoms with E-state index in [1.807, 2.05) is 6.08 Å². The third-order valence-electron chi connectivity index (χ3n) is 7.03. The van der Waals surface area contributed by atoms with Crippen LogP contribution >= 0.6 is 0 Å². The molecule has 136 valence electrons. The summed E-state index contributed by atoms with van der Waals surface area (Å²) in [5, 5.41) is 0. The summed E-state index contributed by atoms with van der Waals surface area (Å²) in [6.45, 7) is 4.40. The summed E-state index contributed by atoms with van der Waals surface area (Å²) in [5.74, 6) is 1.15. The first-order chi connectivity index (χ1) is 11.6. The van der Waals surface area contributed by atoms with Crippen LogP contribution < -0.4 is 0 Å². The van der Waals surface area contributed by atoms with Crippen molar-refractivity contribution in [2.75, 3.05) is 6.26 Å². The number of carbonyl (C=O) groups excluding carboxylic acids is 1. The van der Waals surface area contributed by atoms with Gasteiger partial charge in [0.2, 0.25) is 0 Å². The van der Waals surface area contributed by atoms with Gasteiger partial charge in [-0.15, -0.1) is 0 Å². The minimum atomic E-state index is -3.45. The smallest absolute Gasteiger partial charge is 0.264 e. The molecule has 0 heterocycles. The highest BCUT2D eigenvalue weighted by atomic mass is 32.2. The van der Waals surface area contributed by atoms with Gasteiger partial charge >= 0.3 is 0 Å². The van der Waals surface area contributed by atoms with Gasteiger partial charge in [0.25, 0.3) is 10.1 Å². The maximum atomic E-state index is 12.4. The maximum absolute atomic E-state index is 12.4. The molecule has 0 aromatic rings. The summed E-state index contributed by atoms with van der Waals surface area (Å²) in [6.07, 6.45) is 13.5. The number of hydrogen-bond acceptors (Lipinski definition) is 4. The lowest BCUT2D eigenvalue weighted by Crippen LogP contribution is -2.43. The van der Waals surface area contributed by atoms with Crippen LogP contribution in [0.4, 0.5) is 0 Å². The van der Waals surface area contributed by atoms with E-state index < -0.39 is 10.1 Å². The summed E-state index contributed by atoms with van der Waals surface area (Å²) in [5.41, 5.74) is 2.32. The van der Waals surface area contributed by atoms with Crippen molar-refractivity contribution in [1.82, 2.24) is 0 Å². The molecular weight excluding hydrogens is 336 g/mol. The second kappa shape index (κ2) is 5.40. The van der Waals surface area contributed by atoms with Gasteiger partial charge in [-0.05, 0) is 37.2 Å². The minimum absolute atomic E-state index is 0.0657. The molecule has 0 amide bonds. The number of ketones is 1. The monoisotopic (exact) mass is 362 g/mol. The predicted molar refractivity (Wildman–Crippen MR) is 96.3 cm³/mol. The Kier molecular flexibility index (Phi) is 3.72. The van der Waals surface area contributed by atoms with E-state index in [4.69, 9.17) is 4.18 Å². The van der Waals surface area contributed by atoms with Crippen molar-refractivity contribution in [2.45, 2.75) is 52.1 Å². The second-order valence-electron chi connectivity index (χ2n) is 8.57. The molecule has 4 rings (SSSR count). The number of rotatable bonds is 2. The van der Waals surface area contributed by atoms with E-state index in [0.29, 0.717) is 30.5 Å². The lowest BCUT2D eigenvalue weighted by Gasteiger charge is -2.50. The first kappa shape index (κ1) is 17.2. The molecule has 5 unspecified atom stereocenters. The molecule has 0 bridgehead atoms. The van der Waals surface area contributed by atoms with Crippen LogP contribution in [0, 0.1) is 22.7 Å². The van der Waals surface area contributed by atoms with E-state index in [9.17, 15) is 13.2 Å². The maximum Gasteiger partial charge on any atom is 0.264 e. The topological polar surface area (TPSA) is 60.4 Å². The summed E-state index contributed by atoms with van der Waals surface area (Å²) < 4.78 is 28.1. The van der Waals surface area contributed by atoms with E-state index in [0.717, 1.165) is 31.1 Å². The Morgan fingerprint density at radius 2 is 2.00 bits per heavy atom. The van der Waals surface area contributed by atoms with E-state index in [2.05, 4.69) is 32.1 Å². The normalized spacial score (nSPS) is 43.0. The molecular formula is C20H26O4S. The van der Waals surface area contributed by atoms with E-state index in [1.165, 1.54) is 5.57 Å². The Morgan fingerprint density at radius 3 is 2.72 bits per heavy atom. The van der Waals surface area contributed by atoms with Crippen LogP contribution in [-0.4, -0.2) is 26.6 Å². The Bertz CT molecular complexity index is 819. The molecule has 0 saturated heterocycles. The zero-order chi connectivity index (χ0) is 18.0. The van der Waals surface area contributed by atoms with E-state index in [-0.39, 0.29) is 16.9 Å². The fourth-order valence-corrected chi connectivity index (χ4v) is 6.15. The SMILES string of the molecule is CC12CCC(OS(C)(=O)=O)C=C1C=CC1C2=CCC2(C)C(=O)CCC12. The van der Waals surface area contributed by atoms with E-state index >= 15 is 0 Å². The molecule has 0 aromatic carbocycles. The average molecular weight is 362 g/mol. The van der Waals surface area contributed by atoms with Crippen LogP contribution in [0.3, 0.4) is 0 Å². The van der Waals surface area contributed by atoms with Crippen molar-refractivity contribution in [1.29, 1.82) is 0 Å². The third-order valence-corrected chi connectivity index (χ3v) is 7.62. The molecule has 5 atom stereocenters. The van der Waals surface area contributed by atoms with Gasteiger partial charge in [0.05, 0.1) is 12.4 Å². The molecule has 0 N–H and O–H groups in total. The predicted octanol–water partition coefficient (Wildman–Crippen LogP) is 3.56. The van der Waals surface area contributed by atoms with Gasteiger partial charge in [-0.25, -0.2) is 0 Å². The molecule has 0 radical (unpaired) electrons. The van der Waals surface area contributed by atoms with Gasteiger partial charge in [0.1, 0.15) is 5.78 Å². The number of carbonyl (C=O) groups is 1. The van der Waals surface area contributed by atoms with Crippen LogP contribution in [0.5, 0.6) is 0 Å². The lowest BCUT2D eigenvalue weighted by molar-refractivity contribution is -0.126. The summed E-state index contributed by atoms with van der Waals surface area (Å²) >= 11 is 0. The van der Waals surface area contributed by atoms with Crippen LogP contribution in [0.2, 0.25) is 0 Å². The Hall–Kier alpha value is -1.20. The van der Waals surface area contributed by atoms with Crippen molar-refractivity contribution in [3.05, 3.63) is 35.5 Å². The van der Waals surface area contributed by atoms with Crippen LogP contribution in [0.15, 0.2) is 35.5 Å². The first-order valence-corrected chi connectivity index (χ1v) is 11.0. The molecule has 25 heavy (non-hydrogen) atoms. The molecule has 4 aliphatic rings. The molecule has 4 nitrogen and oxygen atoms in total. The summed E-state index contributed by atoms with van der Waals surface area (Å²) in [7, 11) is -3.45. The third kappa shape index (κ3) is 2.58. The number of fused-ring (bicyclic) bond motifs is 5. The molecule has 1 saturated carbocycles. The van der Waals surface area contributed by atoms with Crippen molar-refractivity contribution < 1.29 is 17.4 Å². The van der Waals surface area contributed by atoms with Gasteiger partial charge in [-0.2, -0.15) is 8.42 Å². The molecule has 0 aromatic heterocycles. The number of hydrogen-bond donors (Lipinski definition) is 0. The fraction of sp³-hybridized carbons (Fsp3) is 0.650. The highest BCUT2D eigenvalue weighted by molar-refractivity contribution is 7.86. The molecule has 0 aliphatic heterocycles. The average Bonchev–Trinajstić information content (AvgIpc) is 2.82. The quantitative estimate of drug-likeness (QED) is 0.557. The van der Waals surface area contributed by atoms with Crippen molar-refractivity contribution in [3.63, 3.8) is 0 Å².